The maximum Gasteiger partial charge on any atom is 0.229 e. The smallest absolute Gasteiger partial charge is 0.229 e. The van der Waals surface area contributed by atoms with Crippen molar-refractivity contribution in [2.45, 2.75) is 25.9 Å². The summed E-state index contributed by atoms with van der Waals surface area (Å²) in [5, 5.41) is 11.0. The summed E-state index contributed by atoms with van der Waals surface area (Å²) >= 11 is 0. The molecule has 0 aliphatic carbocycles. The Morgan fingerprint density at radius 2 is 1.65 bits per heavy atom. The van der Waals surface area contributed by atoms with E-state index in [1.165, 1.54) is 5.56 Å². The summed E-state index contributed by atoms with van der Waals surface area (Å²) in [5.41, 5.74) is 0.466. The van der Waals surface area contributed by atoms with E-state index in [9.17, 15) is 10.1 Å². The Balaban J connectivity index is 1.79. The molecule has 0 unspecified atom stereocenters. The SMILES string of the molecule is CC(C)(CN1CCN(Cc2ccccc2)CC1)[N+](=O)[O-]. The van der Waals surface area contributed by atoms with E-state index in [2.05, 4.69) is 34.1 Å². The average molecular weight is 277 g/mol. The molecule has 1 fully saturated rings. The number of piperazine rings is 1. The van der Waals surface area contributed by atoms with Crippen LogP contribution in [0.25, 0.3) is 0 Å². The number of benzene rings is 1. The van der Waals surface area contributed by atoms with Crippen LogP contribution < -0.4 is 0 Å². The molecule has 110 valence electrons. The van der Waals surface area contributed by atoms with Crippen LogP contribution in [0.1, 0.15) is 19.4 Å². The summed E-state index contributed by atoms with van der Waals surface area (Å²) in [7, 11) is 0. The molecule has 2 rings (SSSR count). The van der Waals surface area contributed by atoms with Crippen LogP contribution in [-0.4, -0.2) is 53.0 Å². The van der Waals surface area contributed by atoms with Crippen molar-refractivity contribution in [3.8, 4) is 0 Å². The molecule has 0 radical (unpaired) electrons. The van der Waals surface area contributed by atoms with Crippen LogP contribution >= 0.6 is 0 Å². The highest BCUT2D eigenvalue weighted by Crippen LogP contribution is 2.13. The molecular formula is C15H23N3O2. The third kappa shape index (κ3) is 4.02. The molecule has 1 aliphatic rings. The van der Waals surface area contributed by atoms with Gasteiger partial charge < -0.3 is 0 Å². The Morgan fingerprint density at radius 1 is 1.10 bits per heavy atom. The predicted molar refractivity (Wildman–Crippen MR) is 79.2 cm³/mol. The van der Waals surface area contributed by atoms with E-state index in [0.29, 0.717) is 6.54 Å². The van der Waals surface area contributed by atoms with E-state index in [1.807, 2.05) is 6.07 Å². The summed E-state index contributed by atoms with van der Waals surface area (Å²) in [5.74, 6) is 0. The molecule has 5 heteroatoms. The zero-order chi connectivity index (χ0) is 14.6. The fourth-order valence-corrected chi connectivity index (χ4v) is 2.55. The van der Waals surface area contributed by atoms with E-state index in [1.54, 1.807) is 13.8 Å². The molecule has 20 heavy (non-hydrogen) atoms. The predicted octanol–water partition coefficient (Wildman–Crippen LogP) is 1.86. The van der Waals surface area contributed by atoms with E-state index in [4.69, 9.17) is 0 Å². The van der Waals surface area contributed by atoms with Crippen molar-refractivity contribution < 1.29 is 4.92 Å². The minimum absolute atomic E-state index is 0.177. The highest BCUT2D eigenvalue weighted by Gasteiger charge is 2.34. The minimum atomic E-state index is -0.860. The van der Waals surface area contributed by atoms with Crippen LogP contribution in [0, 0.1) is 10.1 Å². The monoisotopic (exact) mass is 277 g/mol. The zero-order valence-corrected chi connectivity index (χ0v) is 12.3. The lowest BCUT2D eigenvalue weighted by Crippen LogP contribution is -2.52. The first kappa shape index (κ1) is 14.9. The zero-order valence-electron chi connectivity index (χ0n) is 12.3. The molecule has 1 aromatic rings. The van der Waals surface area contributed by atoms with Gasteiger partial charge in [0.15, 0.2) is 0 Å². The Hall–Kier alpha value is -1.46. The molecule has 0 atom stereocenters. The Labute approximate surface area is 120 Å². The molecule has 0 N–H and O–H groups in total. The van der Waals surface area contributed by atoms with Crippen LogP contribution in [0.15, 0.2) is 30.3 Å². The van der Waals surface area contributed by atoms with Crippen molar-refractivity contribution in [1.29, 1.82) is 0 Å². The number of hydrogen-bond acceptors (Lipinski definition) is 4. The van der Waals surface area contributed by atoms with Crippen molar-refractivity contribution in [3.63, 3.8) is 0 Å². The molecule has 0 aromatic heterocycles. The minimum Gasteiger partial charge on any atom is -0.297 e. The summed E-state index contributed by atoms with van der Waals surface area (Å²) in [6.07, 6.45) is 0. The highest BCUT2D eigenvalue weighted by atomic mass is 16.6. The highest BCUT2D eigenvalue weighted by molar-refractivity contribution is 5.14. The fourth-order valence-electron chi connectivity index (χ4n) is 2.55. The third-order valence-corrected chi connectivity index (χ3v) is 3.82. The Kier molecular flexibility index (Phi) is 4.73. The quantitative estimate of drug-likeness (QED) is 0.609. The first-order valence-electron chi connectivity index (χ1n) is 7.10. The van der Waals surface area contributed by atoms with E-state index in [0.717, 1.165) is 32.7 Å². The average Bonchev–Trinajstić information content (AvgIpc) is 2.42. The Morgan fingerprint density at radius 3 is 2.20 bits per heavy atom. The lowest BCUT2D eigenvalue weighted by Gasteiger charge is -2.36. The van der Waals surface area contributed by atoms with Gasteiger partial charge in [-0.05, 0) is 5.56 Å². The van der Waals surface area contributed by atoms with Gasteiger partial charge in [-0.3, -0.25) is 19.9 Å². The maximum absolute atomic E-state index is 11.0. The van der Waals surface area contributed by atoms with Gasteiger partial charge in [0.1, 0.15) is 0 Å². The third-order valence-electron chi connectivity index (χ3n) is 3.82. The standard InChI is InChI=1S/C15H23N3O2/c1-15(2,18(19)20)13-17-10-8-16(9-11-17)12-14-6-4-3-5-7-14/h3-7H,8-13H2,1-2H3. The van der Waals surface area contributed by atoms with Crippen molar-refractivity contribution in [2.24, 2.45) is 0 Å². The first-order valence-corrected chi connectivity index (χ1v) is 7.10. The van der Waals surface area contributed by atoms with Gasteiger partial charge in [-0.25, -0.2) is 0 Å². The Bertz CT molecular complexity index is 440. The molecule has 1 aromatic carbocycles. The molecular weight excluding hydrogens is 254 g/mol. The van der Waals surface area contributed by atoms with Crippen LogP contribution in [-0.2, 0) is 6.54 Å². The molecule has 0 amide bonds. The molecule has 1 aliphatic heterocycles. The van der Waals surface area contributed by atoms with Gasteiger partial charge in [-0.15, -0.1) is 0 Å². The largest absolute Gasteiger partial charge is 0.297 e. The molecule has 0 saturated carbocycles. The number of nitrogens with zero attached hydrogens (tertiary/aromatic N) is 3. The number of rotatable bonds is 5. The van der Waals surface area contributed by atoms with Crippen molar-refractivity contribution in [2.75, 3.05) is 32.7 Å². The first-order chi connectivity index (χ1) is 9.47. The molecule has 5 nitrogen and oxygen atoms in total. The second-order valence-electron chi connectivity index (χ2n) is 6.11. The van der Waals surface area contributed by atoms with Crippen molar-refractivity contribution in [3.05, 3.63) is 46.0 Å². The fraction of sp³-hybridized carbons (Fsp3) is 0.600. The van der Waals surface area contributed by atoms with Gasteiger partial charge in [0.05, 0.1) is 6.54 Å². The van der Waals surface area contributed by atoms with E-state index >= 15 is 0 Å². The normalized spacial score (nSPS) is 18.1. The van der Waals surface area contributed by atoms with Gasteiger partial charge in [-0.2, -0.15) is 0 Å². The summed E-state index contributed by atoms with van der Waals surface area (Å²) in [6, 6.07) is 10.4. The number of hydrogen-bond donors (Lipinski definition) is 0. The van der Waals surface area contributed by atoms with Crippen LogP contribution in [0.4, 0.5) is 0 Å². The van der Waals surface area contributed by atoms with Gasteiger partial charge in [0, 0.05) is 51.5 Å². The second kappa shape index (κ2) is 6.33. The second-order valence-corrected chi connectivity index (χ2v) is 6.11. The summed E-state index contributed by atoms with van der Waals surface area (Å²) < 4.78 is 0. The number of nitro groups is 1. The summed E-state index contributed by atoms with van der Waals surface area (Å²) in [6.45, 7) is 8.65. The van der Waals surface area contributed by atoms with Gasteiger partial charge in [0.25, 0.3) is 0 Å². The molecule has 0 spiro atoms. The van der Waals surface area contributed by atoms with Crippen LogP contribution in [0.5, 0.6) is 0 Å². The van der Waals surface area contributed by atoms with Gasteiger partial charge in [-0.1, -0.05) is 30.3 Å². The van der Waals surface area contributed by atoms with Crippen molar-refractivity contribution >= 4 is 0 Å². The van der Waals surface area contributed by atoms with E-state index in [-0.39, 0.29) is 4.92 Å². The molecule has 0 bridgehead atoms. The van der Waals surface area contributed by atoms with Crippen LogP contribution in [0.2, 0.25) is 0 Å². The topological polar surface area (TPSA) is 49.6 Å². The summed E-state index contributed by atoms with van der Waals surface area (Å²) in [4.78, 5) is 15.4. The lowest BCUT2D eigenvalue weighted by atomic mass is 10.1. The van der Waals surface area contributed by atoms with Crippen LogP contribution in [0.3, 0.4) is 0 Å². The van der Waals surface area contributed by atoms with Gasteiger partial charge >= 0.3 is 0 Å². The van der Waals surface area contributed by atoms with Gasteiger partial charge in [0.2, 0.25) is 5.54 Å². The van der Waals surface area contributed by atoms with Crippen molar-refractivity contribution in [1.82, 2.24) is 9.80 Å². The lowest BCUT2D eigenvalue weighted by molar-refractivity contribution is -0.561. The molecule has 1 saturated heterocycles. The maximum atomic E-state index is 11.0. The molecule has 1 heterocycles. The van der Waals surface area contributed by atoms with E-state index < -0.39 is 5.54 Å².